The number of nitro benzene ring substituents is 1. The van der Waals surface area contributed by atoms with Gasteiger partial charge in [0.15, 0.2) is 5.17 Å². The van der Waals surface area contributed by atoms with Crippen LogP contribution in [0.5, 0.6) is 0 Å². The van der Waals surface area contributed by atoms with Crippen molar-refractivity contribution in [3.05, 3.63) is 33.4 Å². The fraction of sp³-hybridized carbons (Fsp3) is 0.650. The first-order valence-electron chi connectivity index (χ1n) is 9.58. The van der Waals surface area contributed by atoms with Gasteiger partial charge in [0.05, 0.1) is 28.4 Å². The highest BCUT2D eigenvalue weighted by Gasteiger charge is 2.34. The summed E-state index contributed by atoms with van der Waals surface area (Å²) in [7, 11) is 2.06. The molecule has 0 aromatic heterocycles. The monoisotopic (exact) mass is 391 g/mol. The van der Waals surface area contributed by atoms with Crippen molar-refractivity contribution < 1.29 is 9.66 Å². The summed E-state index contributed by atoms with van der Waals surface area (Å²) in [5.41, 5.74) is 2.88. The van der Waals surface area contributed by atoms with E-state index in [4.69, 9.17) is 9.73 Å². The van der Waals surface area contributed by atoms with Gasteiger partial charge < -0.3 is 9.64 Å². The molecule has 0 amide bonds. The average Bonchev–Trinajstić information content (AvgIpc) is 2.94. The van der Waals surface area contributed by atoms with Gasteiger partial charge in [0.25, 0.3) is 5.69 Å². The van der Waals surface area contributed by atoms with Crippen molar-refractivity contribution in [1.82, 2.24) is 4.90 Å². The van der Waals surface area contributed by atoms with Crippen LogP contribution < -0.4 is 0 Å². The molecule has 0 saturated carbocycles. The van der Waals surface area contributed by atoms with E-state index in [1.165, 1.54) is 0 Å². The highest BCUT2D eigenvalue weighted by molar-refractivity contribution is 8.14. The minimum absolute atomic E-state index is 0.0981. The first-order chi connectivity index (χ1) is 12.7. The molecule has 0 unspecified atom stereocenters. The maximum Gasteiger partial charge on any atom is 0.273 e. The molecule has 0 bridgehead atoms. The number of hydrogen-bond acceptors (Lipinski definition) is 5. The number of ether oxygens (including phenoxy) is 1. The van der Waals surface area contributed by atoms with Crippen LogP contribution in [-0.4, -0.2) is 45.5 Å². The largest absolute Gasteiger partial charge is 0.371 e. The van der Waals surface area contributed by atoms with Gasteiger partial charge in [-0.3, -0.25) is 10.1 Å². The molecule has 0 radical (unpaired) electrons. The Kier molecular flexibility index (Phi) is 5.82. The summed E-state index contributed by atoms with van der Waals surface area (Å²) in [4.78, 5) is 18.2. The molecule has 1 fully saturated rings. The zero-order chi connectivity index (χ0) is 19.8. The van der Waals surface area contributed by atoms with Crippen molar-refractivity contribution in [3.8, 4) is 0 Å². The van der Waals surface area contributed by atoms with Crippen LogP contribution in [0.2, 0.25) is 0 Å². The van der Waals surface area contributed by atoms with Gasteiger partial charge in [0, 0.05) is 24.4 Å². The van der Waals surface area contributed by atoms with Crippen molar-refractivity contribution in [3.63, 3.8) is 0 Å². The molecule has 0 spiro atoms. The van der Waals surface area contributed by atoms with Gasteiger partial charge in [0.1, 0.15) is 0 Å². The SMILES string of the molecule is C[C@@H](OC(C)(C)C)[C@H]1CSC(=Nc2ccc([N+](=O)[O-])c3c2CCCC3)N1C. The predicted octanol–water partition coefficient (Wildman–Crippen LogP) is 4.71. The summed E-state index contributed by atoms with van der Waals surface area (Å²) in [6, 6.07) is 3.69. The van der Waals surface area contributed by atoms with Gasteiger partial charge in [-0.05, 0) is 65.0 Å². The van der Waals surface area contributed by atoms with Crippen molar-refractivity contribution >= 4 is 28.3 Å². The van der Waals surface area contributed by atoms with E-state index in [1.807, 2.05) is 6.07 Å². The molecular formula is C20H29N3O3S. The van der Waals surface area contributed by atoms with E-state index in [0.717, 1.165) is 53.4 Å². The van der Waals surface area contributed by atoms with Crippen molar-refractivity contribution in [2.24, 2.45) is 4.99 Å². The Morgan fingerprint density at radius 1 is 1.30 bits per heavy atom. The van der Waals surface area contributed by atoms with Crippen LogP contribution in [0.3, 0.4) is 0 Å². The maximum absolute atomic E-state index is 11.4. The van der Waals surface area contributed by atoms with E-state index >= 15 is 0 Å². The zero-order valence-corrected chi connectivity index (χ0v) is 17.6. The lowest BCUT2D eigenvalue weighted by Crippen LogP contribution is -2.43. The number of amidine groups is 1. The Bertz CT molecular complexity index is 758. The van der Waals surface area contributed by atoms with Crippen LogP contribution in [0, 0.1) is 10.1 Å². The van der Waals surface area contributed by atoms with Gasteiger partial charge in [-0.15, -0.1) is 0 Å². The number of benzene rings is 1. The number of rotatable bonds is 4. The number of fused-ring (bicyclic) bond motifs is 1. The van der Waals surface area contributed by atoms with Gasteiger partial charge >= 0.3 is 0 Å². The molecule has 7 heteroatoms. The smallest absolute Gasteiger partial charge is 0.273 e. The molecule has 1 saturated heterocycles. The first kappa shape index (κ1) is 20.1. The molecular weight excluding hydrogens is 362 g/mol. The lowest BCUT2D eigenvalue weighted by molar-refractivity contribution is -0.385. The lowest BCUT2D eigenvalue weighted by atomic mass is 9.89. The zero-order valence-electron chi connectivity index (χ0n) is 16.8. The molecule has 3 rings (SSSR count). The van der Waals surface area contributed by atoms with E-state index in [1.54, 1.807) is 17.8 Å². The number of thioether (sulfide) groups is 1. The summed E-state index contributed by atoms with van der Waals surface area (Å²) in [5.74, 6) is 0.932. The average molecular weight is 392 g/mol. The van der Waals surface area contributed by atoms with E-state index in [2.05, 4.69) is 39.6 Å². The molecule has 1 aliphatic heterocycles. The number of aliphatic imine (C=N–C) groups is 1. The number of likely N-dealkylation sites (N-methyl/N-ethyl adjacent to an activating group) is 1. The first-order valence-corrected chi connectivity index (χ1v) is 10.6. The molecule has 1 aromatic rings. The Morgan fingerprint density at radius 2 is 1.96 bits per heavy atom. The lowest BCUT2D eigenvalue weighted by Gasteiger charge is -2.32. The normalized spacial score (nSPS) is 22.8. The van der Waals surface area contributed by atoms with E-state index < -0.39 is 0 Å². The molecule has 27 heavy (non-hydrogen) atoms. The Balaban J connectivity index is 1.86. The third-order valence-corrected chi connectivity index (χ3v) is 6.31. The van der Waals surface area contributed by atoms with Crippen LogP contribution in [0.4, 0.5) is 11.4 Å². The third-order valence-electron chi connectivity index (χ3n) is 5.16. The molecule has 2 atom stereocenters. The van der Waals surface area contributed by atoms with Gasteiger partial charge in [-0.25, -0.2) is 4.99 Å². The van der Waals surface area contributed by atoms with Crippen LogP contribution in [-0.2, 0) is 17.6 Å². The van der Waals surface area contributed by atoms with Gasteiger partial charge in [-0.2, -0.15) is 0 Å². The standard InChI is InChI=1S/C20H29N3O3S/c1-13(26-20(2,3)4)18-12-27-19(22(18)5)21-16-10-11-17(23(24)25)15-9-7-6-8-14(15)16/h10-11,13,18H,6-9,12H2,1-5H3/t13-,18-/m1/s1. The molecule has 148 valence electrons. The topological polar surface area (TPSA) is 68.0 Å². The number of hydrogen-bond donors (Lipinski definition) is 0. The quantitative estimate of drug-likeness (QED) is 0.549. The summed E-state index contributed by atoms with van der Waals surface area (Å²) in [6.07, 6.45) is 3.80. The molecule has 1 aromatic carbocycles. The van der Waals surface area contributed by atoms with Crippen LogP contribution in [0.1, 0.15) is 51.7 Å². The predicted molar refractivity (Wildman–Crippen MR) is 111 cm³/mol. The fourth-order valence-corrected chi connectivity index (χ4v) is 5.24. The second-order valence-electron chi connectivity index (χ2n) is 8.34. The van der Waals surface area contributed by atoms with Crippen molar-refractivity contribution in [1.29, 1.82) is 0 Å². The van der Waals surface area contributed by atoms with E-state index in [9.17, 15) is 10.1 Å². The minimum atomic E-state index is -0.265. The summed E-state index contributed by atoms with van der Waals surface area (Å²) in [5, 5.41) is 12.3. The summed E-state index contributed by atoms with van der Waals surface area (Å²) >= 11 is 1.73. The Labute approximate surface area is 165 Å². The summed E-state index contributed by atoms with van der Waals surface area (Å²) < 4.78 is 6.14. The minimum Gasteiger partial charge on any atom is -0.371 e. The van der Waals surface area contributed by atoms with Crippen LogP contribution in [0.25, 0.3) is 0 Å². The van der Waals surface area contributed by atoms with E-state index in [0.29, 0.717) is 0 Å². The van der Waals surface area contributed by atoms with Crippen molar-refractivity contribution in [2.45, 2.75) is 71.1 Å². The van der Waals surface area contributed by atoms with E-state index in [-0.39, 0.29) is 28.4 Å². The second-order valence-corrected chi connectivity index (χ2v) is 9.33. The number of nitrogens with zero attached hydrogens (tertiary/aromatic N) is 3. The second kappa shape index (κ2) is 7.80. The third kappa shape index (κ3) is 4.46. The summed E-state index contributed by atoms with van der Waals surface area (Å²) in [6.45, 7) is 8.33. The van der Waals surface area contributed by atoms with Crippen LogP contribution in [0.15, 0.2) is 17.1 Å². The van der Waals surface area contributed by atoms with Gasteiger partial charge in [0.2, 0.25) is 0 Å². The molecule has 6 nitrogen and oxygen atoms in total. The fourth-order valence-electron chi connectivity index (χ4n) is 3.92. The van der Waals surface area contributed by atoms with Crippen LogP contribution >= 0.6 is 11.8 Å². The highest BCUT2D eigenvalue weighted by Crippen LogP contribution is 2.38. The number of nitro groups is 1. The van der Waals surface area contributed by atoms with Gasteiger partial charge in [-0.1, -0.05) is 11.8 Å². The molecule has 0 N–H and O–H groups in total. The highest BCUT2D eigenvalue weighted by atomic mass is 32.2. The molecule has 1 aliphatic carbocycles. The molecule has 2 aliphatic rings. The Morgan fingerprint density at radius 3 is 2.59 bits per heavy atom. The van der Waals surface area contributed by atoms with Crippen molar-refractivity contribution in [2.75, 3.05) is 12.8 Å². The maximum atomic E-state index is 11.4. The Hall–Kier alpha value is -1.60. The molecule has 1 heterocycles.